The third-order valence-electron chi connectivity index (χ3n) is 4.86. The molecule has 1 saturated heterocycles. The van der Waals surface area contributed by atoms with Crippen molar-refractivity contribution in [3.63, 3.8) is 0 Å². The van der Waals surface area contributed by atoms with Gasteiger partial charge >= 0.3 is 12.0 Å². The third-order valence-corrected chi connectivity index (χ3v) is 5.61. The van der Waals surface area contributed by atoms with Gasteiger partial charge in [0.15, 0.2) is 17.4 Å². The molecule has 1 saturated carbocycles. The van der Waals surface area contributed by atoms with Crippen LogP contribution in [-0.2, 0) is 19.1 Å². The molecule has 2 heterocycles. The van der Waals surface area contributed by atoms with Gasteiger partial charge in [0, 0.05) is 12.3 Å². The van der Waals surface area contributed by atoms with Crippen LogP contribution in [-0.4, -0.2) is 51.9 Å². The SMILES string of the molecule is CC(=O)Nc1nc(C(=O)OCC(=O)NN2C(=O)NC3(CCC(C)CC3)C2=O)cs1. The van der Waals surface area contributed by atoms with E-state index in [4.69, 9.17) is 4.74 Å². The lowest BCUT2D eigenvalue weighted by Gasteiger charge is -2.33. The van der Waals surface area contributed by atoms with Gasteiger partial charge in [0.1, 0.15) is 5.54 Å². The number of nitrogens with zero attached hydrogens (tertiary/aromatic N) is 2. The van der Waals surface area contributed by atoms with Crippen LogP contribution in [0.4, 0.5) is 9.93 Å². The first-order chi connectivity index (χ1) is 13.7. The monoisotopic (exact) mass is 423 g/mol. The molecule has 29 heavy (non-hydrogen) atoms. The number of amides is 5. The predicted octanol–water partition coefficient (Wildman–Crippen LogP) is 0.790. The summed E-state index contributed by atoms with van der Waals surface area (Å²) in [4.78, 5) is 63.7. The molecule has 0 unspecified atom stereocenters. The van der Waals surface area contributed by atoms with Crippen molar-refractivity contribution in [2.45, 2.75) is 45.1 Å². The zero-order valence-electron chi connectivity index (χ0n) is 15.9. The molecule has 2 aliphatic rings. The van der Waals surface area contributed by atoms with E-state index in [-0.39, 0.29) is 16.7 Å². The van der Waals surface area contributed by atoms with E-state index in [1.807, 2.05) is 0 Å². The van der Waals surface area contributed by atoms with E-state index < -0.39 is 36.0 Å². The molecule has 1 aromatic heterocycles. The van der Waals surface area contributed by atoms with Gasteiger partial charge in [-0.05, 0) is 31.6 Å². The van der Waals surface area contributed by atoms with Crippen molar-refractivity contribution in [2.75, 3.05) is 11.9 Å². The summed E-state index contributed by atoms with van der Waals surface area (Å²) in [5.41, 5.74) is 1.13. The molecule has 0 aromatic carbocycles. The number of thiazole rings is 1. The second-order valence-corrected chi connectivity index (χ2v) is 8.02. The Labute approximate surface area is 170 Å². The number of rotatable bonds is 5. The minimum atomic E-state index is -0.978. The Kier molecular flexibility index (Phi) is 5.82. The fourth-order valence-corrected chi connectivity index (χ4v) is 3.98. The van der Waals surface area contributed by atoms with Crippen molar-refractivity contribution in [3.8, 4) is 0 Å². The normalized spacial score (nSPS) is 23.7. The number of hydrogen-bond acceptors (Lipinski definition) is 8. The van der Waals surface area contributed by atoms with E-state index in [0.717, 1.165) is 24.2 Å². The number of carbonyl (C=O) groups is 5. The molecule has 156 valence electrons. The molecule has 2 fully saturated rings. The van der Waals surface area contributed by atoms with Crippen molar-refractivity contribution in [1.29, 1.82) is 0 Å². The molecule has 1 aliphatic carbocycles. The van der Waals surface area contributed by atoms with Crippen LogP contribution in [0.5, 0.6) is 0 Å². The van der Waals surface area contributed by atoms with Gasteiger partial charge in [-0.1, -0.05) is 6.92 Å². The number of hydrogen-bond donors (Lipinski definition) is 3. The average Bonchev–Trinajstić information content (AvgIpc) is 3.21. The minimum Gasteiger partial charge on any atom is -0.451 e. The van der Waals surface area contributed by atoms with Crippen LogP contribution < -0.4 is 16.1 Å². The van der Waals surface area contributed by atoms with Crippen molar-refractivity contribution in [1.82, 2.24) is 20.7 Å². The van der Waals surface area contributed by atoms with Gasteiger partial charge in [-0.2, -0.15) is 5.01 Å². The summed E-state index contributed by atoms with van der Waals surface area (Å²) in [7, 11) is 0. The lowest BCUT2D eigenvalue weighted by molar-refractivity contribution is -0.141. The number of aromatic nitrogens is 1. The van der Waals surface area contributed by atoms with E-state index in [9.17, 15) is 24.0 Å². The molecule has 3 N–H and O–H groups in total. The molecule has 12 heteroatoms. The smallest absolute Gasteiger partial charge is 0.358 e. The number of esters is 1. The number of nitrogens with one attached hydrogen (secondary N) is 3. The fourth-order valence-electron chi connectivity index (χ4n) is 3.25. The Morgan fingerprint density at radius 3 is 2.69 bits per heavy atom. The molecular formula is C17H21N5O6S. The van der Waals surface area contributed by atoms with Crippen molar-refractivity contribution < 1.29 is 28.7 Å². The molecule has 0 atom stereocenters. The van der Waals surface area contributed by atoms with E-state index in [0.29, 0.717) is 23.8 Å². The van der Waals surface area contributed by atoms with Crippen LogP contribution in [0, 0.1) is 5.92 Å². The van der Waals surface area contributed by atoms with Crippen LogP contribution in [0.25, 0.3) is 0 Å². The highest BCUT2D eigenvalue weighted by atomic mass is 32.1. The maximum absolute atomic E-state index is 12.7. The first-order valence-corrected chi connectivity index (χ1v) is 9.94. The highest BCUT2D eigenvalue weighted by molar-refractivity contribution is 7.14. The Hall–Kier alpha value is -3.02. The Balaban J connectivity index is 1.52. The molecule has 0 bridgehead atoms. The van der Waals surface area contributed by atoms with Crippen molar-refractivity contribution in [3.05, 3.63) is 11.1 Å². The second kappa shape index (κ2) is 8.15. The van der Waals surface area contributed by atoms with Crippen LogP contribution in [0.2, 0.25) is 0 Å². The second-order valence-electron chi connectivity index (χ2n) is 7.17. The Morgan fingerprint density at radius 2 is 2.03 bits per heavy atom. The molecule has 1 aliphatic heterocycles. The van der Waals surface area contributed by atoms with Crippen LogP contribution in [0.1, 0.15) is 50.0 Å². The lowest BCUT2D eigenvalue weighted by Crippen LogP contribution is -2.52. The predicted molar refractivity (Wildman–Crippen MR) is 101 cm³/mol. The zero-order chi connectivity index (χ0) is 21.2. The van der Waals surface area contributed by atoms with Crippen molar-refractivity contribution in [2.24, 2.45) is 5.92 Å². The van der Waals surface area contributed by atoms with Gasteiger partial charge < -0.3 is 15.4 Å². The Morgan fingerprint density at radius 1 is 1.34 bits per heavy atom. The zero-order valence-corrected chi connectivity index (χ0v) is 16.8. The maximum atomic E-state index is 12.7. The van der Waals surface area contributed by atoms with Gasteiger partial charge in [0.05, 0.1) is 0 Å². The van der Waals surface area contributed by atoms with E-state index >= 15 is 0 Å². The molecule has 3 rings (SSSR count). The summed E-state index contributed by atoms with van der Waals surface area (Å²) in [6.07, 6.45) is 2.64. The molecule has 0 radical (unpaired) electrons. The standard InChI is InChI=1S/C17H21N5O6S/c1-9-3-5-17(6-4-9)14(26)22(16(27)20-17)21-12(24)7-28-13(25)11-8-29-15(19-11)18-10(2)23/h8-9H,3-7H2,1-2H3,(H,20,27)(H,21,24)(H,18,19,23). The van der Waals surface area contributed by atoms with Gasteiger partial charge in [-0.3, -0.25) is 19.8 Å². The van der Waals surface area contributed by atoms with E-state index in [2.05, 4.69) is 28.0 Å². The Bertz CT molecular complexity index is 860. The van der Waals surface area contributed by atoms with Gasteiger partial charge in [-0.25, -0.2) is 14.6 Å². The number of imide groups is 1. The molecular weight excluding hydrogens is 402 g/mol. The average molecular weight is 423 g/mol. The number of ether oxygens (including phenoxy) is 1. The summed E-state index contributed by atoms with van der Waals surface area (Å²) in [5.74, 6) is -2.07. The highest BCUT2D eigenvalue weighted by Crippen LogP contribution is 2.35. The number of carbonyl (C=O) groups excluding carboxylic acids is 5. The highest BCUT2D eigenvalue weighted by Gasteiger charge is 2.52. The van der Waals surface area contributed by atoms with Crippen molar-refractivity contribution >= 4 is 46.2 Å². The van der Waals surface area contributed by atoms with E-state index in [1.54, 1.807) is 0 Å². The molecule has 5 amide bonds. The first kappa shape index (κ1) is 20.7. The lowest BCUT2D eigenvalue weighted by atomic mass is 9.77. The largest absolute Gasteiger partial charge is 0.451 e. The van der Waals surface area contributed by atoms with Gasteiger partial charge in [0.2, 0.25) is 5.91 Å². The summed E-state index contributed by atoms with van der Waals surface area (Å²) in [5, 5.41) is 7.34. The summed E-state index contributed by atoms with van der Waals surface area (Å²) in [6, 6.07) is -0.705. The molecule has 1 spiro atoms. The fraction of sp³-hybridized carbons (Fsp3) is 0.529. The van der Waals surface area contributed by atoms with Gasteiger partial charge in [0.25, 0.3) is 11.8 Å². The van der Waals surface area contributed by atoms with Crippen LogP contribution >= 0.6 is 11.3 Å². The molecule has 1 aromatic rings. The molecule has 11 nitrogen and oxygen atoms in total. The summed E-state index contributed by atoms with van der Waals surface area (Å²) < 4.78 is 4.85. The summed E-state index contributed by atoms with van der Waals surface area (Å²) >= 11 is 1.03. The summed E-state index contributed by atoms with van der Waals surface area (Å²) in [6.45, 7) is 2.69. The topological polar surface area (TPSA) is 147 Å². The maximum Gasteiger partial charge on any atom is 0.358 e. The number of anilines is 1. The quantitative estimate of drug-likeness (QED) is 0.468. The number of urea groups is 1. The first-order valence-electron chi connectivity index (χ1n) is 9.06. The van der Waals surface area contributed by atoms with Crippen LogP contribution in [0.15, 0.2) is 5.38 Å². The number of hydrazine groups is 1. The van der Waals surface area contributed by atoms with E-state index in [1.165, 1.54) is 12.3 Å². The third kappa shape index (κ3) is 4.53. The van der Waals surface area contributed by atoms with Crippen LogP contribution in [0.3, 0.4) is 0 Å². The minimum absolute atomic E-state index is 0.0724. The van der Waals surface area contributed by atoms with Gasteiger partial charge in [-0.15, -0.1) is 11.3 Å².